The van der Waals surface area contributed by atoms with Gasteiger partial charge in [-0.2, -0.15) is 0 Å². The molecule has 0 saturated heterocycles. The summed E-state index contributed by atoms with van der Waals surface area (Å²) in [6.45, 7) is 3.87. The lowest BCUT2D eigenvalue weighted by molar-refractivity contribution is 1.29. The van der Waals surface area contributed by atoms with Crippen molar-refractivity contribution in [3.63, 3.8) is 0 Å². The molecule has 1 heterocycles. The molecule has 0 fully saturated rings. The molecule has 6 aromatic rings. The minimum Gasteiger partial charge on any atom is -0.317 e. The van der Waals surface area contributed by atoms with E-state index in [0.29, 0.717) is 0 Å². The molecule has 0 unspecified atom stereocenters. The first-order valence-corrected chi connectivity index (χ1v) is 12.1. The number of hydrogen-bond donors (Lipinski definition) is 0. The second-order valence-corrected chi connectivity index (χ2v) is 8.35. The van der Waals surface area contributed by atoms with Crippen molar-refractivity contribution in [3.8, 4) is 0 Å². The third kappa shape index (κ3) is 4.98. The first-order valence-electron chi connectivity index (χ1n) is 12.1. The van der Waals surface area contributed by atoms with E-state index < -0.39 is 0 Å². The van der Waals surface area contributed by atoms with Crippen LogP contribution in [0.15, 0.2) is 152 Å². The van der Waals surface area contributed by atoms with Gasteiger partial charge < -0.3 is 9.47 Å². The monoisotopic (exact) mass is 464 g/mol. The Bertz CT molecular complexity index is 1490. The van der Waals surface area contributed by atoms with Crippen LogP contribution < -0.4 is 4.90 Å². The van der Waals surface area contributed by atoms with Crippen LogP contribution in [0, 0.1) is 0 Å². The first-order chi connectivity index (χ1) is 17.8. The molecule has 2 nitrogen and oxygen atoms in total. The smallest absolute Gasteiger partial charge is 0.0534 e. The van der Waals surface area contributed by atoms with E-state index in [1.165, 1.54) is 27.4 Å². The van der Waals surface area contributed by atoms with Crippen molar-refractivity contribution in [2.45, 2.75) is 0 Å². The van der Waals surface area contributed by atoms with E-state index in [2.05, 4.69) is 150 Å². The van der Waals surface area contributed by atoms with Gasteiger partial charge in [0.2, 0.25) is 0 Å². The number of rotatable bonds is 5. The van der Waals surface area contributed by atoms with E-state index in [1.54, 1.807) is 0 Å². The molecular weight excluding hydrogens is 436 g/mol. The van der Waals surface area contributed by atoms with Gasteiger partial charge in [0.05, 0.1) is 11.0 Å². The lowest BCUT2D eigenvalue weighted by atomic mass is 10.2. The van der Waals surface area contributed by atoms with Gasteiger partial charge in [0.25, 0.3) is 0 Å². The van der Waals surface area contributed by atoms with Gasteiger partial charge >= 0.3 is 0 Å². The van der Waals surface area contributed by atoms with Crippen LogP contribution in [0.2, 0.25) is 0 Å². The lowest BCUT2D eigenvalue weighted by Crippen LogP contribution is -2.07. The van der Waals surface area contributed by atoms with Gasteiger partial charge in [0.15, 0.2) is 0 Å². The minimum absolute atomic E-state index is 1.15. The molecule has 0 N–H and O–H groups in total. The third-order valence-electron chi connectivity index (χ3n) is 6.08. The highest BCUT2D eigenvalue weighted by atomic mass is 15.1. The predicted octanol–water partition coefficient (Wildman–Crippen LogP) is 9.39. The molecule has 0 atom stereocenters. The summed E-state index contributed by atoms with van der Waals surface area (Å²) in [7, 11) is 0. The summed E-state index contributed by atoms with van der Waals surface area (Å²) < 4.78 is 2.13. The van der Waals surface area contributed by atoms with E-state index in [4.69, 9.17) is 0 Å². The number of para-hydroxylation sites is 4. The van der Waals surface area contributed by atoms with E-state index in [-0.39, 0.29) is 0 Å². The fourth-order valence-corrected chi connectivity index (χ4v) is 4.37. The molecule has 174 valence electrons. The Balaban J connectivity index is 0.000000156. The third-order valence-corrected chi connectivity index (χ3v) is 6.08. The maximum absolute atomic E-state index is 3.87. The molecule has 0 aliphatic rings. The molecule has 0 saturated carbocycles. The molecule has 0 radical (unpaired) electrons. The zero-order chi connectivity index (χ0) is 24.6. The number of anilines is 2. The van der Waals surface area contributed by atoms with Crippen molar-refractivity contribution >= 4 is 45.5 Å². The number of aromatic nitrogens is 1. The van der Waals surface area contributed by atoms with Crippen molar-refractivity contribution in [1.29, 1.82) is 0 Å². The molecule has 0 amide bonds. The fourth-order valence-electron chi connectivity index (χ4n) is 4.37. The molecule has 1 aromatic heterocycles. The predicted molar refractivity (Wildman–Crippen MR) is 156 cm³/mol. The highest BCUT2D eigenvalue weighted by Crippen LogP contribution is 2.28. The van der Waals surface area contributed by atoms with Gasteiger partial charge in [-0.1, -0.05) is 110 Å². The largest absolute Gasteiger partial charge is 0.317 e. The molecule has 6 rings (SSSR count). The topological polar surface area (TPSA) is 8.17 Å². The molecular formula is C34H28N2. The van der Waals surface area contributed by atoms with Crippen LogP contribution in [0.5, 0.6) is 0 Å². The molecule has 0 spiro atoms. The zero-order valence-corrected chi connectivity index (χ0v) is 20.1. The second kappa shape index (κ2) is 11.1. The average Bonchev–Trinajstić information content (AvgIpc) is 3.29. The quantitative estimate of drug-likeness (QED) is 0.247. The summed E-state index contributed by atoms with van der Waals surface area (Å²) in [5.74, 6) is 0. The Morgan fingerprint density at radius 3 is 1.39 bits per heavy atom. The summed E-state index contributed by atoms with van der Waals surface area (Å²) in [5, 5.41) is 2.57. The molecule has 0 aliphatic carbocycles. The standard InChI is InChI=1S/C20H17N.C14H11N/c1-4-10-18(11-5-1)16-17-21(19-12-6-2-7-13-19)20-14-8-3-9-15-20;1-2-15-13-9-5-3-7-11(13)12-8-4-6-10-14(12)15/h1-17H;2-10H,1H2. The van der Waals surface area contributed by atoms with E-state index >= 15 is 0 Å². The Kier molecular flexibility index (Phi) is 7.06. The summed E-state index contributed by atoms with van der Waals surface area (Å²) in [6.07, 6.45) is 6.10. The van der Waals surface area contributed by atoms with E-state index in [1.807, 2.05) is 24.4 Å². The van der Waals surface area contributed by atoms with Crippen molar-refractivity contribution in [2.75, 3.05) is 4.90 Å². The summed E-state index contributed by atoms with van der Waals surface area (Å²) >= 11 is 0. The van der Waals surface area contributed by atoms with Gasteiger partial charge in [-0.25, -0.2) is 0 Å². The van der Waals surface area contributed by atoms with Crippen molar-refractivity contribution in [1.82, 2.24) is 4.57 Å². The van der Waals surface area contributed by atoms with Crippen LogP contribution in [0.1, 0.15) is 5.56 Å². The number of benzene rings is 5. The van der Waals surface area contributed by atoms with E-state index in [9.17, 15) is 0 Å². The molecule has 0 aliphatic heterocycles. The van der Waals surface area contributed by atoms with Gasteiger partial charge in [0, 0.05) is 34.5 Å². The summed E-state index contributed by atoms with van der Waals surface area (Å²) in [4.78, 5) is 2.19. The summed E-state index contributed by atoms with van der Waals surface area (Å²) in [5.41, 5.74) is 5.92. The maximum atomic E-state index is 3.87. The van der Waals surface area contributed by atoms with Gasteiger partial charge in [-0.15, -0.1) is 0 Å². The highest BCUT2D eigenvalue weighted by molar-refractivity contribution is 6.09. The van der Waals surface area contributed by atoms with Crippen LogP contribution in [-0.4, -0.2) is 4.57 Å². The van der Waals surface area contributed by atoms with Crippen LogP contribution in [-0.2, 0) is 0 Å². The Labute approximate surface area is 212 Å². The summed E-state index contributed by atoms with van der Waals surface area (Å²) in [6, 6.07) is 47.9. The van der Waals surface area contributed by atoms with Gasteiger partial charge in [0.1, 0.15) is 0 Å². The Hall–Kier alpha value is -4.82. The normalized spacial score (nSPS) is 10.8. The van der Waals surface area contributed by atoms with E-state index in [0.717, 1.165) is 11.4 Å². The van der Waals surface area contributed by atoms with Gasteiger partial charge in [-0.3, -0.25) is 0 Å². The highest BCUT2D eigenvalue weighted by Gasteiger charge is 2.06. The van der Waals surface area contributed by atoms with Gasteiger partial charge in [-0.05, 0) is 48.0 Å². The number of nitrogens with zero attached hydrogens (tertiary/aromatic N) is 2. The van der Waals surface area contributed by atoms with Crippen molar-refractivity contribution in [3.05, 3.63) is 158 Å². The van der Waals surface area contributed by atoms with Crippen LogP contribution in [0.25, 0.3) is 34.1 Å². The minimum atomic E-state index is 1.15. The Morgan fingerprint density at radius 1 is 0.500 bits per heavy atom. The fraction of sp³-hybridized carbons (Fsp3) is 0. The SMILES string of the molecule is C(=CN(c1ccccc1)c1ccccc1)c1ccccc1.C=Cn1c2ccccc2c2ccccc21. The van der Waals surface area contributed by atoms with Crippen LogP contribution >= 0.6 is 0 Å². The average molecular weight is 465 g/mol. The van der Waals surface area contributed by atoms with Crippen LogP contribution in [0.4, 0.5) is 11.4 Å². The maximum Gasteiger partial charge on any atom is 0.0534 e. The molecule has 0 bridgehead atoms. The van der Waals surface area contributed by atoms with Crippen LogP contribution in [0.3, 0.4) is 0 Å². The number of hydrogen-bond acceptors (Lipinski definition) is 1. The first kappa shape index (κ1) is 22.9. The zero-order valence-electron chi connectivity index (χ0n) is 20.1. The molecule has 36 heavy (non-hydrogen) atoms. The molecule has 5 aromatic carbocycles. The van der Waals surface area contributed by atoms with Crippen molar-refractivity contribution in [2.24, 2.45) is 0 Å². The lowest BCUT2D eigenvalue weighted by Gasteiger charge is -2.20. The Morgan fingerprint density at radius 2 is 0.917 bits per heavy atom. The molecule has 2 heteroatoms. The van der Waals surface area contributed by atoms with Crippen molar-refractivity contribution < 1.29 is 0 Å². The second-order valence-electron chi connectivity index (χ2n) is 8.35. The number of fused-ring (bicyclic) bond motifs is 3.